The van der Waals surface area contributed by atoms with Gasteiger partial charge >= 0.3 is 0 Å². The molecule has 0 saturated heterocycles. The Morgan fingerprint density at radius 2 is 0.800 bits per heavy atom. The Kier molecular flexibility index (Phi) is 7.05. The van der Waals surface area contributed by atoms with Crippen molar-refractivity contribution in [3.8, 4) is 67.0 Å². The lowest BCUT2D eigenvalue weighted by Gasteiger charge is -2.14. The molecule has 1 aliphatic heterocycles. The zero-order chi connectivity index (χ0) is 39.3. The van der Waals surface area contributed by atoms with Crippen LogP contribution >= 0.6 is 0 Å². The van der Waals surface area contributed by atoms with Crippen LogP contribution in [0, 0.1) is 0 Å². The SMILES string of the molecule is c1ccc(-c2ccc3c(c2)-c2ccccc2-c2cc(-c4ccc5c(c4)c4ccccc4n5-c4cc(-c5ccccc5)c5ccccc5c4)cc4c5ccccc5n-3c24)cc1. The number of hydrogen-bond acceptors (Lipinski definition) is 0. The summed E-state index contributed by atoms with van der Waals surface area (Å²) in [6.07, 6.45) is 0. The molecule has 12 aromatic rings. The molecule has 0 bridgehead atoms. The van der Waals surface area contributed by atoms with Crippen molar-refractivity contribution in [2.75, 3.05) is 0 Å². The molecule has 0 amide bonds. The molecule has 13 rings (SSSR count). The molecule has 10 aromatic carbocycles. The van der Waals surface area contributed by atoms with E-state index in [4.69, 9.17) is 0 Å². The van der Waals surface area contributed by atoms with E-state index < -0.39 is 0 Å². The molecule has 0 N–H and O–H groups in total. The Bertz CT molecular complexity index is 3700. The summed E-state index contributed by atoms with van der Waals surface area (Å²) >= 11 is 0. The van der Waals surface area contributed by atoms with E-state index in [1.165, 1.54) is 116 Å². The van der Waals surface area contributed by atoms with Crippen LogP contribution in [-0.2, 0) is 0 Å². The van der Waals surface area contributed by atoms with Crippen molar-refractivity contribution >= 4 is 54.4 Å². The fourth-order valence-corrected chi connectivity index (χ4v) is 10.1. The summed E-state index contributed by atoms with van der Waals surface area (Å²) in [4.78, 5) is 0. The van der Waals surface area contributed by atoms with E-state index in [1.807, 2.05) is 0 Å². The molecule has 2 nitrogen and oxygen atoms in total. The van der Waals surface area contributed by atoms with Crippen LogP contribution in [0.1, 0.15) is 0 Å². The van der Waals surface area contributed by atoms with Crippen LogP contribution in [0.4, 0.5) is 0 Å². The van der Waals surface area contributed by atoms with Gasteiger partial charge in [-0.1, -0.05) is 158 Å². The number of para-hydroxylation sites is 2. The highest BCUT2D eigenvalue weighted by Crippen LogP contribution is 2.49. The molecule has 278 valence electrons. The predicted molar refractivity (Wildman–Crippen MR) is 253 cm³/mol. The van der Waals surface area contributed by atoms with Crippen molar-refractivity contribution in [1.29, 1.82) is 0 Å². The van der Waals surface area contributed by atoms with E-state index in [1.54, 1.807) is 0 Å². The van der Waals surface area contributed by atoms with Gasteiger partial charge < -0.3 is 9.13 Å². The molecule has 2 aromatic heterocycles. The average Bonchev–Trinajstić information content (AvgIpc) is 3.80. The highest BCUT2D eigenvalue weighted by atomic mass is 15.0. The van der Waals surface area contributed by atoms with E-state index >= 15 is 0 Å². The van der Waals surface area contributed by atoms with Gasteiger partial charge in [-0.05, 0) is 116 Å². The van der Waals surface area contributed by atoms with Gasteiger partial charge in [0.2, 0.25) is 0 Å². The summed E-state index contributed by atoms with van der Waals surface area (Å²) in [5.41, 5.74) is 19.5. The summed E-state index contributed by atoms with van der Waals surface area (Å²) in [5, 5.41) is 7.50. The Labute approximate surface area is 347 Å². The summed E-state index contributed by atoms with van der Waals surface area (Å²) < 4.78 is 4.97. The standard InChI is InChI=1S/C58H36N2/c1-3-15-37(16-4-1)39-27-30-57-50(32-39)45-21-9-10-22-46(45)52-34-42(35-53-48-24-12-14-26-55(48)60(57)58(52)53)40-28-29-56-51(33-40)47-23-11-13-25-54(47)59(56)43-31-41-19-7-8-20-44(41)49(36-43)38-17-5-2-6-18-38/h1-36H. The van der Waals surface area contributed by atoms with Crippen LogP contribution in [0.5, 0.6) is 0 Å². The van der Waals surface area contributed by atoms with Crippen LogP contribution in [0.3, 0.4) is 0 Å². The van der Waals surface area contributed by atoms with Crippen molar-refractivity contribution in [2.24, 2.45) is 0 Å². The quantitative estimate of drug-likeness (QED) is 0.169. The Morgan fingerprint density at radius 1 is 0.250 bits per heavy atom. The molecule has 0 atom stereocenters. The summed E-state index contributed by atoms with van der Waals surface area (Å²) in [5.74, 6) is 0. The van der Waals surface area contributed by atoms with E-state index in [-0.39, 0.29) is 0 Å². The first-order chi connectivity index (χ1) is 29.8. The molecule has 0 fully saturated rings. The maximum Gasteiger partial charge on any atom is 0.0620 e. The minimum Gasteiger partial charge on any atom is -0.309 e. The Morgan fingerprint density at radius 3 is 1.58 bits per heavy atom. The van der Waals surface area contributed by atoms with E-state index in [2.05, 4.69) is 228 Å². The lowest BCUT2D eigenvalue weighted by molar-refractivity contribution is 1.19. The van der Waals surface area contributed by atoms with Crippen molar-refractivity contribution in [3.63, 3.8) is 0 Å². The molecule has 0 radical (unpaired) electrons. The summed E-state index contributed by atoms with van der Waals surface area (Å²) in [7, 11) is 0. The van der Waals surface area contributed by atoms with Crippen LogP contribution in [0.2, 0.25) is 0 Å². The average molecular weight is 761 g/mol. The third-order valence-electron chi connectivity index (χ3n) is 12.8. The third-order valence-corrected chi connectivity index (χ3v) is 12.8. The fourth-order valence-electron chi connectivity index (χ4n) is 10.1. The van der Waals surface area contributed by atoms with Gasteiger partial charge in [-0.3, -0.25) is 0 Å². The van der Waals surface area contributed by atoms with Crippen LogP contribution in [0.25, 0.3) is 121 Å². The van der Waals surface area contributed by atoms with Gasteiger partial charge in [0, 0.05) is 38.4 Å². The molecule has 2 heteroatoms. The molecule has 60 heavy (non-hydrogen) atoms. The summed E-state index contributed by atoms with van der Waals surface area (Å²) in [6, 6.07) is 80.7. The molecule has 0 aliphatic carbocycles. The van der Waals surface area contributed by atoms with Crippen molar-refractivity contribution in [2.45, 2.75) is 0 Å². The fraction of sp³-hybridized carbons (Fsp3) is 0. The van der Waals surface area contributed by atoms with Gasteiger partial charge in [0.25, 0.3) is 0 Å². The Hall–Kier alpha value is -7.94. The van der Waals surface area contributed by atoms with Crippen LogP contribution < -0.4 is 0 Å². The zero-order valence-electron chi connectivity index (χ0n) is 32.7. The number of nitrogens with zero attached hydrogens (tertiary/aromatic N) is 2. The lowest BCUT2D eigenvalue weighted by Crippen LogP contribution is -1.96. The maximum atomic E-state index is 2.51. The molecule has 0 spiro atoms. The smallest absolute Gasteiger partial charge is 0.0620 e. The Balaban J connectivity index is 1.05. The molecule has 1 aliphatic rings. The number of aromatic nitrogens is 2. The van der Waals surface area contributed by atoms with Crippen molar-refractivity contribution in [3.05, 3.63) is 218 Å². The van der Waals surface area contributed by atoms with Crippen molar-refractivity contribution < 1.29 is 0 Å². The van der Waals surface area contributed by atoms with E-state index in [0.29, 0.717) is 0 Å². The van der Waals surface area contributed by atoms with Gasteiger partial charge in [0.1, 0.15) is 0 Å². The lowest BCUT2D eigenvalue weighted by atomic mass is 9.90. The van der Waals surface area contributed by atoms with E-state index in [9.17, 15) is 0 Å². The first kappa shape index (κ1) is 33.1. The van der Waals surface area contributed by atoms with Crippen LogP contribution in [-0.4, -0.2) is 9.13 Å². The number of benzene rings is 10. The van der Waals surface area contributed by atoms with E-state index in [0.717, 1.165) is 5.69 Å². The van der Waals surface area contributed by atoms with Gasteiger partial charge in [-0.15, -0.1) is 0 Å². The first-order valence-electron chi connectivity index (χ1n) is 20.8. The van der Waals surface area contributed by atoms with Crippen LogP contribution in [0.15, 0.2) is 218 Å². The molecule has 3 heterocycles. The second-order valence-corrected chi connectivity index (χ2v) is 16.1. The van der Waals surface area contributed by atoms with Gasteiger partial charge in [0.15, 0.2) is 0 Å². The van der Waals surface area contributed by atoms with Gasteiger partial charge in [0.05, 0.1) is 27.8 Å². The first-order valence-corrected chi connectivity index (χ1v) is 20.8. The third kappa shape index (κ3) is 4.82. The van der Waals surface area contributed by atoms with Crippen molar-refractivity contribution in [1.82, 2.24) is 9.13 Å². The highest BCUT2D eigenvalue weighted by molar-refractivity contribution is 6.18. The second-order valence-electron chi connectivity index (χ2n) is 16.1. The molecule has 0 unspecified atom stereocenters. The minimum absolute atomic E-state index is 1.16. The number of fused-ring (bicyclic) bond motifs is 12. The number of hydrogen-bond donors (Lipinski definition) is 0. The summed E-state index contributed by atoms with van der Waals surface area (Å²) in [6.45, 7) is 0. The van der Waals surface area contributed by atoms with Gasteiger partial charge in [-0.2, -0.15) is 0 Å². The minimum atomic E-state index is 1.16. The number of rotatable bonds is 4. The normalized spacial score (nSPS) is 12.0. The molecular weight excluding hydrogens is 725 g/mol. The molecule has 0 saturated carbocycles. The molecular formula is C58H36N2. The monoisotopic (exact) mass is 760 g/mol. The van der Waals surface area contributed by atoms with Gasteiger partial charge in [-0.25, -0.2) is 0 Å². The maximum absolute atomic E-state index is 2.51. The zero-order valence-corrected chi connectivity index (χ0v) is 32.7. The predicted octanol–water partition coefficient (Wildman–Crippen LogP) is 15.7. The highest BCUT2D eigenvalue weighted by Gasteiger charge is 2.26. The topological polar surface area (TPSA) is 9.86 Å². The largest absolute Gasteiger partial charge is 0.309 e. The second kappa shape index (κ2) is 12.8.